The molecule has 4 nitrogen and oxygen atoms in total. The van der Waals surface area contributed by atoms with Crippen molar-refractivity contribution in [1.29, 1.82) is 0 Å². The summed E-state index contributed by atoms with van der Waals surface area (Å²) in [6, 6.07) is 0.629. The van der Waals surface area contributed by atoms with E-state index in [0.717, 1.165) is 5.82 Å². The van der Waals surface area contributed by atoms with Gasteiger partial charge in [-0.25, -0.2) is 9.97 Å². The van der Waals surface area contributed by atoms with Crippen molar-refractivity contribution in [2.75, 3.05) is 17.7 Å². The molecule has 0 aliphatic heterocycles. The summed E-state index contributed by atoms with van der Waals surface area (Å²) in [6.07, 6.45) is 5.77. The molecule has 1 fully saturated rings. The topological polar surface area (TPSA) is 55.0 Å². The van der Waals surface area contributed by atoms with Crippen molar-refractivity contribution in [2.24, 2.45) is 0 Å². The Hall–Kier alpha value is -1.32. The second-order valence-electron chi connectivity index (χ2n) is 3.11. The van der Waals surface area contributed by atoms with E-state index in [1.54, 1.807) is 12.4 Å². The molecule has 64 valence electrons. The summed E-state index contributed by atoms with van der Waals surface area (Å²) in [6.45, 7) is 0. The Morgan fingerprint density at radius 1 is 1.42 bits per heavy atom. The maximum atomic E-state index is 5.67. The smallest absolute Gasteiger partial charge is 0.171 e. The molecule has 0 spiro atoms. The van der Waals surface area contributed by atoms with Gasteiger partial charge in [0.1, 0.15) is 0 Å². The molecule has 1 aliphatic carbocycles. The summed E-state index contributed by atoms with van der Waals surface area (Å²) in [5, 5.41) is 0. The van der Waals surface area contributed by atoms with E-state index in [1.807, 2.05) is 7.05 Å². The highest BCUT2D eigenvalue weighted by molar-refractivity contribution is 5.57. The van der Waals surface area contributed by atoms with Gasteiger partial charge in [0.25, 0.3) is 0 Å². The van der Waals surface area contributed by atoms with Crippen molar-refractivity contribution >= 4 is 11.6 Å². The van der Waals surface area contributed by atoms with Crippen LogP contribution in [0, 0.1) is 0 Å². The molecule has 1 aromatic rings. The summed E-state index contributed by atoms with van der Waals surface area (Å²) >= 11 is 0. The maximum Gasteiger partial charge on any atom is 0.171 e. The van der Waals surface area contributed by atoms with Crippen molar-refractivity contribution in [3.05, 3.63) is 12.4 Å². The summed E-state index contributed by atoms with van der Waals surface area (Å²) in [5.41, 5.74) is 5.67. The fourth-order valence-electron chi connectivity index (χ4n) is 1.25. The van der Waals surface area contributed by atoms with Crippen LogP contribution in [0.1, 0.15) is 12.8 Å². The molecule has 12 heavy (non-hydrogen) atoms. The molecule has 1 saturated carbocycles. The molecule has 1 heterocycles. The van der Waals surface area contributed by atoms with E-state index in [2.05, 4.69) is 14.9 Å². The SMILES string of the molecule is CN(c1nccnc1N)C1CC1. The molecule has 1 aromatic heterocycles. The average molecular weight is 164 g/mol. The lowest BCUT2D eigenvalue weighted by Gasteiger charge is -2.17. The highest BCUT2D eigenvalue weighted by atomic mass is 15.2. The quantitative estimate of drug-likeness (QED) is 0.697. The molecule has 0 radical (unpaired) electrons. The van der Waals surface area contributed by atoms with Gasteiger partial charge in [0.05, 0.1) is 0 Å². The third-order valence-corrected chi connectivity index (χ3v) is 2.13. The zero-order valence-electron chi connectivity index (χ0n) is 7.07. The van der Waals surface area contributed by atoms with E-state index < -0.39 is 0 Å². The van der Waals surface area contributed by atoms with Gasteiger partial charge in [-0.1, -0.05) is 0 Å². The first-order valence-corrected chi connectivity index (χ1v) is 4.08. The third-order valence-electron chi connectivity index (χ3n) is 2.13. The van der Waals surface area contributed by atoms with E-state index in [1.165, 1.54) is 12.8 Å². The monoisotopic (exact) mass is 164 g/mol. The summed E-state index contributed by atoms with van der Waals surface area (Å²) in [5.74, 6) is 1.33. The molecule has 0 atom stereocenters. The Bertz CT molecular complexity index is 282. The Morgan fingerprint density at radius 3 is 2.67 bits per heavy atom. The van der Waals surface area contributed by atoms with Crippen LogP contribution in [-0.2, 0) is 0 Å². The second-order valence-corrected chi connectivity index (χ2v) is 3.11. The van der Waals surface area contributed by atoms with Crippen LogP contribution >= 0.6 is 0 Å². The summed E-state index contributed by atoms with van der Waals surface area (Å²) < 4.78 is 0. The normalized spacial score (nSPS) is 16.1. The Kier molecular flexibility index (Phi) is 1.60. The third kappa shape index (κ3) is 1.20. The fourth-order valence-corrected chi connectivity index (χ4v) is 1.25. The number of nitrogens with two attached hydrogens (primary N) is 1. The first kappa shape index (κ1) is 7.34. The first-order chi connectivity index (χ1) is 5.79. The van der Waals surface area contributed by atoms with Crippen LogP contribution in [0.15, 0.2) is 12.4 Å². The minimum Gasteiger partial charge on any atom is -0.381 e. The molecular weight excluding hydrogens is 152 g/mol. The molecule has 0 amide bonds. The van der Waals surface area contributed by atoms with Crippen molar-refractivity contribution in [1.82, 2.24) is 9.97 Å². The molecule has 0 bridgehead atoms. The van der Waals surface area contributed by atoms with Crippen molar-refractivity contribution < 1.29 is 0 Å². The predicted octanol–water partition coefficient (Wildman–Crippen LogP) is 0.657. The highest BCUT2D eigenvalue weighted by Gasteiger charge is 2.28. The average Bonchev–Trinajstić information content (AvgIpc) is 2.86. The predicted molar refractivity (Wildman–Crippen MR) is 47.9 cm³/mol. The van der Waals surface area contributed by atoms with Gasteiger partial charge in [-0.15, -0.1) is 0 Å². The minimum atomic E-state index is 0.520. The molecule has 0 aromatic carbocycles. The molecule has 2 N–H and O–H groups in total. The lowest BCUT2D eigenvalue weighted by Crippen LogP contribution is -2.22. The zero-order valence-corrected chi connectivity index (χ0v) is 7.07. The Morgan fingerprint density at radius 2 is 2.08 bits per heavy atom. The minimum absolute atomic E-state index is 0.520. The van der Waals surface area contributed by atoms with Crippen molar-refractivity contribution in [3.63, 3.8) is 0 Å². The summed E-state index contributed by atoms with van der Waals surface area (Å²) in [4.78, 5) is 10.3. The molecule has 4 heteroatoms. The van der Waals surface area contributed by atoms with Crippen LogP contribution in [0.5, 0.6) is 0 Å². The number of nitrogen functional groups attached to an aromatic ring is 1. The molecule has 0 unspecified atom stereocenters. The van der Waals surface area contributed by atoms with Crippen LogP contribution < -0.4 is 10.6 Å². The molecule has 2 rings (SSSR count). The fraction of sp³-hybridized carbons (Fsp3) is 0.500. The Labute approximate surface area is 71.4 Å². The van der Waals surface area contributed by atoms with Gasteiger partial charge in [0.2, 0.25) is 0 Å². The van der Waals surface area contributed by atoms with Crippen molar-refractivity contribution in [2.45, 2.75) is 18.9 Å². The van der Waals surface area contributed by atoms with Crippen LogP contribution in [0.2, 0.25) is 0 Å². The van der Waals surface area contributed by atoms with Gasteiger partial charge in [0, 0.05) is 25.5 Å². The van der Waals surface area contributed by atoms with E-state index in [4.69, 9.17) is 5.73 Å². The van der Waals surface area contributed by atoms with E-state index >= 15 is 0 Å². The van der Waals surface area contributed by atoms with Gasteiger partial charge in [-0.2, -0.15) is 0 Å². The van der Waals surface area contributed by atoms with E-state index in [0.29, 0.717) is 11.9 Å². The molecular formula is C8H12N4. The number of hydrogen-bond donors (Lipinski definition) is 1. The lowest BCUT2D eigenvalue weighted by molar-refractivity contribution is 0.888. The Balaban J connectivity index is 2.25. The van der Waals surface area contributed by atoms with Gasteiger partial charge >= 0.3 is 0 Å². The number of anilines is 2. The highest BCUT2D eigenvalue weighted by Crippen LogP contribution is 2.30. The van der Waals surface area contributed by atoms with Crippen LogP contribution in [0.3, 0.4) is 0 Å². The lowest BCUT2D eigenvalue weighted by atomic mass is 10.5. The van der Waals surface area contributed by atoms with Gasteiger partial charge in [-0.3, -0.25) is 0 Å². The van der Waals surface area contributed by atoms with Crippen LogP contribution in [0.4, 0.5) is 11.6 Å². The van der Waals surface area contributed by atoms with Gasteiger partial charge < -0.3 is 10.6 Å². The van der Waals surface area contributed by atoms with Crippen LogP contribution in [0.25, 0.3) is 0 Å². The van der Waals surface area contributed by atoms with E-state index in [-0.39, 0.29) is 0 Å². The largest absolute Gasteiger partial charge is 0.381 e. The molecule has 0 saturated heterocycles. The van der Waals surface area contributed by atoms with Crippen molar-refractivity contribution in [3.8, 4) is 0 Å². The standard InChI is InChI=1S/C8H12N4/c1-12(6-2-3-6)8-7(9)10-4-5-11-8/h4-6H,2-3H2,1H3,(H2,9,10). The van der Waals surface area contributed by atoms with Gasteiger partial charge in [-0.05, 0) is 12.8 Å². The number of nitrogens with zero attached hydrogens (tertiary/aromatic N) is 3. The number of aromatic nitrogens is 2. The number of rotatable bonds is 2. The van der Waals surface area contributed by atoms with Gasteiger partial charge in [0.15, 0.2) is 11.6 Å². The van der Waals surface area contributed by atoms with E-state index in [9.17, 15) is 0 Å². The first-order valence-electron chi connectivity index (χ1n) is 4.08. The number of hydrogen-bond acceptors (Lipinski definition) is 4. The molecule has 1 aliphatic rings. The second kappa shape index (κ2) is 2.62. The summed E-state index contributed by atoms with van der Waals surface area (Å²) in [7, 11) is 2.01. The van der Waals surface area contributed by atoms with Crippen LogP contribution in [-0.4, -0.2) is 23.1 Å². The zero-order chi connectivity index (χ0) is 8.55. The maximum absolute atomic E-state index is 5.67.